The first-order valence-electron chi connectivity index (χ1n) is 9.16. The van der Waals surface area contributed by atoms with Gasteiger partial charge in [-0.25, -0.2) is 9.18 Å². The summed E-state index contributed by atoms with van der Waals surface area (Å²) in [6.45, 7) is 6.81. The summed E-state index contributed by atoms with van der Waals surface area (Å²) in [7, 11) is 0. The van der Waals surface area contributed by atoms with Gasteiger partial charge in [-0.3, -0.25) is 4.79 Å². The predicted octanol–water partition coefficient (Wildman–Crippen LogP) is 5.73. The Morgan fingerprint density at radius 2 is 1.37 bits per heavy atom. The van der Waals surface area contributed by atoms with Gasteiger partial charge in [0.25, 0.3) is 0 Å². The van der Waals surface area contributed by atoms with Gasteiger partial charge in [-0.1, -0.05) is 49.1 Å². The molecule has 0 saturated carbocycles. The zero-order valence-electron chi connectivity index (χ0n) is 16.1. The third kappa shape index (κ3) is 5.08. The van der Waals surface area contributed by atoms with Crippen molar-refractivity contribution in [2.75, 3.05) is 0 Å². The fourth-order valence-electron chi connectivity index (χ4n) is 2.80. The van der Waals surface area contributed by atoms with Crippen molar-refractivity contribution in [2.24, 2.45) is 0 Å². The van der Waals surface area contributed by atoms with Gasteiger partial charge in [0.1, 0.15) is 17.3 Å². The van der Waals surface area contributed by atoms with Crippen LogP contribution in [0.3, 0.4) is 0 Å². The molecule has 5 heteroatoms. The van der Waals surface area contributed by atoms with Gasteiger partial charge in [-0.05, 0) is 41.0 Å². The zero-order valence-corrected chi connectivity index (χ0v) is 16.1. The minimum Gasteiger partial charge on any atom is -0.426 e. The van der Waals surface area contributed by atoms with Gasteiger partial charge in [0.15, 0.2) is 0 Å². The molecule has 0 fully saturated rings. The second-order valence-corrected chi connectivity index (χ2v) is 6.34. The van der Waals surface area contributed by atoms with E-state index < -0.39 is 11.8 Å². The molecule has 0 aliphatic rings. The van der Waals surface area contributed by atoms with Crippen molar-refractivity contribution in [2.45, 2.75) is 6.42 Å². The Kier molecular flexibility index (Phi) is 6.55. The fourth-order valence-corrected chi connectivity index (χ4v) is 2.80. The smallest absolute Gasteiger partial charge is 0.335 e. The van der Waals surface area contributed by atoms with Crippen LogP contribution >= 0.6 is 0 Å². The minimum atomic E-state index is -0.645. The summed E-state index contributed by atoms with van der Waals surface area (Å²) in [5, 5.41) is 0. The maximum Gasteiger partial charge on any atom is 0.335 e. The third-order valence-corrected chi connectivity index (χ3v) is 4.25. The molecule has 0 saturated heterocycles. The van der Waals surface area contributed by atoms with E-state index in [9.17, 15) is 14.0 Å². The number of benzene rings is 3. The average molecular weight is 402 g/mol. The van der Waals surface area contributed by atoms with Crippen LogP contribution in [0.1, 0.15) is 6.42 Å². The van der Waals surface area contributed by atoms with Crippen LogP contribution in [0.4, 0.5) is 4.39 Å². The summed E-state index contributed by atoms with van der Waals surface area (Å²) in [6.07, 6.45) is 2.66. The number of carbonyl (C=O) groups excluding carboxylic acids is 2. The van der Waals surface area contributed by atoms with Crippen LogP contribution in [0.25, 0.3) is 22.3 Å². The number of ether oxygens (including phenoxy) is 2. The Morgan fingerprint density at radius 1 is 0.800 bits per heavy atom. The SMILES string of the molecule is C=CCC(=O)Oc1ccc(-c2ccc(-c3ccc(OC(=O)C=C)cc3F)cc2)cc1. The summed E-state index contributed by atoms with van der Waals surface area (Å²) in [6, 6.07) is 18.7. The van der Waals surface area contributed by atoms with Gasteiger partial charge in [-0.2, -0.15) is 0 Å². The fraction of sp³-hybridized carbons (Fsp3) is 0.0400. The molecule has 4 nitrogen and oxygen atoms in total. The molecule has 0 amide bonds. The zero-order chi connectivity index (χ0) is 21.5. The van der Waals surface area contributed by atoms with E-state index >= 15 is 0 Å². The topological polar surface area (TPSA) is 52.6 Å². The van der Waals surface area contributed by atoms with E-state index in [-0.39, 0.29) is 18.1 Å². The molecule has 3 rings (SSSR count). The lowest BCUT2D eigenvalue weighted by Crippen LogP contribution is -2.05. The number of rotatable bonds is 7. The number of esters is 2. The lowest BCUT2D eigenvalue weighted by molar-refractivity contribution is -0.133. The molecule has 0 radical (unpaired) electrons. The Labute approximate surface area is 173 Å². The first-order chi connectivity index (χ1) is 14.5. The average Bonchev–Trinajstić information content (AvgIpc) is 2.75. The van der Waals surface area contributed by atoms with Crippen molar-refractivity contribution in [3.63, 3.8) is 0 Å². The summed E-state index contributed by atoms with van der Waals surface area (Å²) in [4.78, 5) is 22.7. The molecule has 0 aliphatic heterocycles. The van der Waals surface area contributed by atoms with Gasteiger partial charge in [0.2, 0.25) is 0 Å². The normalized spacial score (nSPS) is 10.2. The molecule has 0 atom stereocenters. The first-order valence-corrected chi connectivity index (χ1v) is 9.16. The largest absolute Gasteiger partial charge is 0.426 e. The van der Waals surface area contributed by atoms with Crippen LogP contribution in [0.5, 0.6) is 11.5 Å². The van der Waals surface area contributed by atoms with Crippen molar-refractivity contribution in [3.05, 3.63) is 97.9 Å². The molecule has 0 N–H and O–H groups in total. The van der Waals surface area contributed by atoms with Gasteiger partial charge in [0, 0.05) is 17.7 Å². The molecule has 0 bridgehead atoms. The van der Waals surface area contributed by atoms with Crippen LogP contribution in [-0.4, -0.2) is 11.9 Å². The molecular formula is C25H19FO4. The molecule has 150 valence electrons. The Bertz CT molecular complexity index is 1080. The second kappa shape index (κ2) is 9.47. The first kappa shape index (κ1) is 20.7. The Balaban J connectivity index is 1.75. The summed E-state index contributed by atoms with van der Waals surface area (Å²) in [5.41, 5.74) is 2.94. The van der Waals surface area contributed by atoms with Gasteiger partial charge >= 0.3 is 11.9 Å². The molecule has 0 spiro atoms. The highest BCUT2D eigenvalue weighted by atomic mass is 19.1. The van der Waals surface area contributed by atoms with E-state index in [0.717, 1.165) is 23.3 Å². The molecule has 3 aromatic rings. The van der Waals surface area contributed by atoms with Crippen molar-refractivity contribution < 1.29 is 23.5 Å². The molecule has 0 aliphatic carbocycles. The number of hydrogen-bond donors (Lipinski definition) is 0. The van der Waals surface area contributed by atoms with Crippen LogP contribution in [0.15, 0.2) is 92.0 Å². The molecule has 30 heavy (non-hydrogen) atoms. The van der Waals surface area contributed by atoms with Crippen LogP contribution < -0.4 is 9.47 Å². The summed E-state index contributed by atoms with van der Waals surface area (Å²) in [5.74, 6) is -0.932. The Morgan fingerprint density at radius 3 is 1.93 bits per heavy atom. The molecule has 3 aromatic carbocycles. The second-order valence-electron chi connectivity index (χ2n) is 6.34. The van der Waals surface area contributed by atoms with E-state index in [4.69, 9.17) is 9.47 Å². The highest BCUT2D eigenvalue weighted by Gasteiger charge is 2.09. The van der Waals surface area contributed by atoms with Gasteiger partial charge in [0.05, 0.1) is 6.42 Å². The molecule has 0 unspecified atom stereocenters. The molecule has 0 heterocycles. The van der Waals surface area contributed by atoms with Gasteiger partial charge < -0.3 is 9.47 Å². The number of halogens is 1. The van der Waals surface area contributed by atoms with Gasteiger partial charge in [-0.15, -0.1) is 6.58 Å². The van der Waals surface area contributed by atoms with E-state index in [0.29, 0.717) is 16.9 Å². The van der Waals surface area contributed by atoms with Crippen molar-refractivity contribution in [1.82, 2.24) is 0 Å². The maximum absolute atomic E-state index is 14.5. The van der Waals surface area contributed by atoms with E-state index in [1.807, 2.05) is 24.3 Å². The highest BCUT2D eigenvalue weighted by molar-refractivity contribution is 5.83. The van der Waals surface area contributed by atoms with E-state index in [2.05, 4.69) is 13.2 Å². The van der Waals surface area contributed by atoms with Crippen molar-refractivity contribution in [1.29, 1.82) is 0 Å². The molecule has 0 aromatic heterocycles. The Hall–Kier alpha value is -3.99. The van der Waals surface area contributed by atoms with Crippen LogP contribution in [-0.2, 0) is 9.59 Å². The predicted molar refractivity (Wildman–Crippen MR) is 114 cm³/mol. The lowest BCUT2D eigenvalue weighted by Gasteiger charge is -2.08. The standard InChI is InChI=1S/C25H19FO4/c1-3-5-25(28)29-20-12-10-18(11-13-20)17-6-8-19(9-7-17)22-15-14-21(16-23(22)26)30-24(27)4-2/h3-4,6-16H,1-2,5H2. The lowest BCUT2D eigenvalue weighted by atomic mass is 10.00. The number of carbonyl (C=O) groups is 2. The van der Waals surface area contributed by atoms with Crippen molar-refractivity contribution in [3.8, 4) is 33.8 Å². The molecular weight excluding hydrogens is 383 g/mol. The van der Waals surface area contributed by atoms with Crippen molar-refractivity contribution >= 4 is 11.9 Å². The third-order valence-electron chi connectivity index (χ3n) is 4.25. The number of hydrogen-bond acceptors (Lipinski definition) is 4. The summed E-state index contributed by atoms with van der Waals surface area (Å²) < 4.78 is 24.6. The summed E-state index contributed by atoms with van der Waals surface area (Å²) >= 11 is 0. The monoisotopic (exact) mass is 402 g/mol. The minimum absolute atomic E-state index is 0.117. The van der Waals surface area contributed by atoms with Crippen LogP contribution in [0.2, 0.25) is 0 Å². The highest BCUT2D eigenvalue weighted by Crippen LogP contribution is 2.29. The van der Waals surface area contributed by atoms with E-state index in [1.165, 1.54) is 12.1 Å². The van der Waals surface area contributed by atoms with Crippen LogP contribution in [0, 0.1) is 5.82 Å². The quantitative estimate of drug-likeness (QED) is 0.219. The van der Waals surface area contributed by atoms with E-state index in [1.54, 1.807) is 30.3 Å². The maximum atomic E-state index is 14.5.